The van der Waals surface area contributed by atoms with E-state index in [4.69, 9.17) is 0 Å². The fourth-order valence-corrected chi connectivity index (χ4v) is 3.76. The molecule has 104 valence electrons. The van der Waals surface area contributed by atoms with Gasteiger partial charge in [0.15, 0.2) is 0 Å². The number of rotatable bonds is 3. The lowest BCUT2D eigenvalue weighted by Gasteiger charge is -2.30. The topological polar surface area (TPSA) is 15.3 Å². The molecule has 0 saturated carbocycles. The van der Waals surface area contributed by atoms with Gasteiger partial charge in [-0.25, -0.2) is 0 Å². The molecule has 0 amide bonds. The van der Waals surface area contributed by atoms with Gasteiger partial charge in [-0.1, -0.05) is 19.9 Å². The van der Waals surface area contributed by atoms with Crippen LogP contribution in [0.15, 0.2) is 18.2 Å². The Hall–Kier alpha value is -1.18. The Labute approximate surface area is 117 Å². The van der Waals surface area contributed by atoms with Crippen LogP contribution >= 0.6 is 0 Å². The second-order valence-corrected chi connectivity index (χ2v) is 6.21. The van der Waals surface area contributed by atoms with Gasteiger partial charge < -0.3 is 10.2 Å². The minimum atomic E-state index is 0.560. The molecular formula is C17H26N2. The summed E-state index contributed by atoms with van der Waals surface area (Å²) in [5.74, 6) is 0. The van der Waals surface area contributed by atoms with E-state index < -0.39 is 0 Å². The molecule has 1 aromatic rings. The molecule has 0 atom stereocenters. The first-order valence-electron chi connectivity index (χ1n) is 7.89. The second kappa shape index (κ2) is 5.07. The lowest BCUT2D eigenvalue weighted by atomic mass is 9.82. The van der Waals surface area contributed by atoms with Crippen LogP contribution in [0.4, 0.5) is 11.4 Å². The van der Waals surface area contributed by atoms with Crippen LogP contribution in [0.1, 0.15) is 45.1 Å². The summed E-state index contributed by atoms with van der Waals surface area (Å²) < 4.78 is 0. The second-order valence-electron chi connectivity index (χ2n) is 6.21. The third-order valence-electron chi connectivity index (χ3n) is 5.35. The molecule has 3 rings (SSSR count). The van der Waals surface area contributed by atoms with Crippen molar-refractivity contribution in [1.29, 1.82) is 0 Å². The SMILES string of the molecule is CCC1(CC)CCN(c2cccc3c2CCCN3)C1. The summed E-state index contributed by atoms with van der Waals surface area (Å²) in [4.78, 5) is 2.64. The Morgan fingerprint density at radius 2 is 2.11 bits per heavy atom. The lowest BCUT2D eigenvalue weighted by Crippen LogP contribution is -2.27. The van der Waals surface area contributed by atoms with E-state index in [9.17, 15) is 0 Å². The number of nitrogens with one attached hydrogen (secondary N) is 1. The van der Waals surface area contributed by atoms with Gasteiger partial charge in [-0.2, -0.15) is 0 Å². The van der Waals surface area contributed by atoms with E-state index in [2.05, 4.69) is 42.3 Å². The Balaban J connectivity index is 1.88. The molecule has 0 aromatic heterocycles. The van der Waals surface area contributed by atoms with Crippen molar-refractivity contribution in [3.8, 4) is 0 Å². The van der Waals surface area contributed by atoms with Crippen LogP contribution in [0.2, 0.25) is 0 Å². The summed E-state index contributed by atoms with van der Waals surface area (Å²) >= 11 is 0. The van der Waals surface area contributed by atoms with Crippen molar-refractivity contribution in [3.63, 3.8) is 0 Å². The summed E-state index contributed by atoms with van der Waals surface area (Å²) in [6, 6.07) is 6.78. The molecule has 2 aliphatic heterocycles. The van der Waals surface area contributed by atoms with Crippen LogP contribution in [0.5, 0.6) is 0 Å². The smallest absolute Gasteiger partial charge is 0.0419 e. The van der Waals surface area contributed by atoms with Crippen molar-refractivity contribution in [3.05, 3.63) is 23.8 Å². The van der Waals surface area contributed by atoms with Gasteiger partial charge in [0.1, 0.15) is 0 Å². The zero-order valence-corrected chi connectivity index (χ0v) is 12.3. The molecule has 0 bridgehead atoms. The summed E-state index contributed by atoms with van der Waals surface area (Å²) in [6.45, 7) is 8.32. The number of hydrogen-bond acceptors (Lipinski definition) is 2. The van der Waals surface area contributed by atoms with Crippen LogP contribution in [0.25, 0.3) is 0 Å². The number of benzene rings is 1. The van der Waals surface area contributed by atoms with Crippen LogP contribution in [0, 0.1) is 5.41 Å². The van der Waals surface area contributed by atoms with Gasteiger partial charge in [-0.3, -0.25) is 0 Å². The average Bonchev–Trinajstić information content (AvgIpc) is 2.92. The van der Waals surface area contributed by atoms with Crippen molar-refractivity contribution in [2.75, 3.05) is 29.9 Å². The number of hydrogen-bond donors (Lipinski definition) is 1. The van der Waals surface area contributed by atoms with Crippen LogP contribution in [-0.4, -0.2) is 19.6 Å². The largest absolute Gasteiger partial charge is 0.385 e. The van der Waals surface area contributed by atoms with Gasteiger partial charge in [0.05, 0.1) is 0 Å². The van der Waals surface area contributed by atoms with Gasteiger partial charge in [-0.05, 0) is 55.2 Å². The molecule has 19 heavy (non-hydrogen) atoms. The van der Waals surface area contributed by atoms with E-state index in [-0.39, 0.29) is 0 Å². The first kappa shape index (κ1) is 12.8. The highest BCUT2D eigenvalue weighted by molar-refractivity contribution is 5.68. The zero-order valence-electron chi connectivity index (χ0n) is 12.3. The van der Waals surface area contributed by atoms with Crippen LogP contribution in [0.3, 0.4) is 0 Å². The van der Waals surface area contributed by atoms with Gasteiger partial charge >= 0.3 is 0 Å². The predicted molar refractivity (Wildman–Crippen MR) is 83.1 cm³/mol. The van der Waals surface area contributed by atoms with Gasteiger partial charge in [-0.15, -0.1) is 0 Å². The lowest BCUT2D eigenvalue weighted by molar-refractivity contribution is 0.301. The Kier molecular flexibility index (Phi) is 3.42. The molecular weight excluding hydrogens is 232 g/mol. The maximum absolute atomic E-state index is 3.55. The summed E-state index contributed by atoms with van der Waals surface area (Å²) in [6.07, 6.45) is 6.49. The molecule has 0 unspecified atom stereocenters. The molecule has 2 aliphatic rings. The molecule has 1 N–H and O–H groups in total. The van der Waals surface area contributed by atoms with E-state index >= 15 is 0 Å². The molecule has 2 nitrogen and oxygen atoms in total. The molecule has 2 heteroatoms. The van der Waals surface area contributed by atoms with E-state index in [1.807, 2.05) is 0 Å². The maximum atomic E-state index is 3.55. The Bertz CT molecular complexity index is 449. The van der Waals surface area contributed by atoms with Gasteiger partial charge in [0, 0.05) is 31.0 Å². The van der Waals surface area contributed by atoms with Crippen molar-refractivity contribution < 1.29 is 0 Å². The van der Waals surface area contributed by atoms with Crippen molar-refractivity contribution in [1.82, 2.24) is 0 Å². The summed E-state index contributed by atoms with van der Waals surface area (Å²) in [5, 5.41) is 3.55. The number of anilines is 2. The zero-order chi connectivity index (χ0) is 13.3. The van der Waals surface area contributed by atoms with Crippen molar-refractivity contribution in [2.45, 2.75) is 46.0 Å². The summed E-state index contributed by atoms with van der Waals surface area (Å²) in [7, 11) is 0. The van der Waals surface area contributed by atoms with E-state index in [0.717, 1.165) is 6.54 Å². The Morgan fingerprint density at radius 1 is 1.26 bits per heavy atom. The Morgan fingerprint density at radius 3 is 2.84 bits per heavy atom. The quantitative estimate of drug-likeness (QED) is 0.879. The molecule has 1 saturated heterocycles. The normalized spacial score (nSPS) is 21.1. The third-order valence-corrected chi connectivity index (χ3v) is 5.35. The van der Waals surface area contributed by atoms with Crippen LogP contribution < -0.4 is 10.2 Å². The molecule has 0 radical (unpaired) electrons. The molecule has 1 fully saturated rings. The fraction of sp³-hybridized carbons (Fsp3) is 0.647. The van der Waals surface area contributed by atoms with E-state index in [1.54, 1.807) is 5.56 Å². The number of nitrogens with zero attached hydrogens (tertiary/aromatic N) is 1. The average molecular weight is 258 g/mol. The van der Waals surface area contributed by atoms with Gasteiger partial charge in [0.25, 0.3) is 0 Å². The minimum absolute atomic E-state index is 0.560. The third kappa shape index (κ3) is 2.22. The standard InChI is InChI=1S/C17H26N2/c1-3-17(4-2)10-12-19(13-17)16-9-5-8-15-14(16)7-6-11-18-15/h5,8-9,18H,3-4,6-7,10-13H2,1-2H3. The first-order chi connectivity index (χ1) is 9.28. The predicted octanol–water partition coefficient (Wildman–Crippen LogP) is 4.06. The monoisotopic (exact) mass is 258 g/mol. The first-order valence-corrected chi connectivity index (χ1v) is 7.89. The maximum Gasteiger partial charge on any atom is 0.0419 e. The molecule has 1 aromatic carbocycles. The minimum Gasteiger partial charge on any atom is -0.385 e. The highest BCUT2D eigenvalue weighted by Gasteiger charge is 2.35. The molecule has 0 aliphatic carbocycles. The van der Waals surface area contributed by atoms with E-state index in [1.165, 1.54) is 56.6 Å². The van der Waals surface area contributed by atoms with Crippen molar-refractivity contribution >= 4 is 11.4 Å². The highest BCUT2D eigenvalue weighted by atomic mass is 15.2. The van der Waals surface area contributed by atoms with Crippen molar-refractivity contribution in [2.24, 2.45) is 5.41 Å². The molecule has 0 spiro atoms. The number of fused-ring (bicyclic) bond motifs is 1. The fourth-order valence-electron chi connectivity index (χ4n) is 3.76. The highest BCUT2D eigenvalue weighted by Crippen LogP contribution is 2.41. The van der Waals surface area contributed by atoms with Crippen LogP contribution in [-0.2, 0) is 6.42 Å². The van der Waals surface area contributed by atoms with Gasteiger partial charge in [0.2, 0.25) is 0 Å². The summed E-state index contributed by atoms with van der Waals surface area (Å²) in [5.41, 5.74) is 4.98. The van der Waals surface area contributed by atoms with E-state index in [0.29, 0.717) is 5.41 Å². The molecule has 2 heterocycles.